The zero-order valence-corrected chi connectivity index (χ0v) is 17.1. The molecule has 0 atom stereocenters. The number of hydrogen-bond acceptors (Lipinski definition) is 4. The quantitative estimate of drug-likeness (QED) is 0.485. The number of carbonyl (C=O) groups excluding carboxylic acids is 1. The van der Waals surface area contributed by atoms with E-state index in [0.29, 0.717) is 41.9 Å². The third-order valence-electron chi connectivity index (χ3n) is 4.95. The molecule has 0 bridgehead atoms. The largest absolute Gasteiger partial charge is 0.573 e. The fourth-order valence-corrected chi connectivity index (χ4v) is 3.38. The maximum atomic E-state index is 12.4. The van der Waals surface area contributed by atoms with Crippen molar-refractivity contribution in [3.8, 4) is 16.9 Å². The van der Waals surface area contributed by atoms with Gasteiger partial charge in [0.25, 0.3) is 0 Å². The van der Waals surface area contributed by atoms with Crippen LogP contribution in [0.15, 0.2) is 59.8 Å². The van der Waals surface area contributed by atoms with E-state index >= 15 is 0 Å². The van der Waals surface area contributed by atoms with Crippen LogP contribution in [0.5, 0.6) is 5.75 Å². The van der Waals surface area contributed by atoms with Gasteiger partial charge in [-0.05, 0) is 35.4 Å². The fourth-order valence-electron chi connectivity index (χ4n) is 3.38. The molecule has 0 saturated carbocycles. The Labute approximate surface area is 178 Å². The number of carbonyl (C=O) groups is 1. The highest BCUT2D eigenvalue weighted by molar-refractivity contribution is 6.07. The highest BCUT2D eigenvalue weighted by atomic mass is 19.4. The average Bonchev–Trinajstić information content (AvgIpc) is 2.72. The zero-order valence-electron chi connectivity index (χ0n) is 17.1. The first-order chi connectivity index (χ1) is 14.7. The van der Waals surface area contributed by atoms with Crippen molar-refractivity contribution in [1.82, 2.24) is 10.2 Å². The fraction of sp³-hybridized carbons (Fsp3) is 0.273. The first-order valence-corrected chi connectivity index (χ1v) is 9.64. The summed E-state index contributed by atoms with van der Waals surface area (Å²) in [5.41, 5.74) is 3.56. The minimum atomic E-state index is -4.75. The number of anilines is 1. The number of halogens is 3. The molecule has 0 aliphatic carbocycles. The Kier molecular flexibility index (Phi) is 6.53. The molecular formula is C22H23F3N4O2. The van der Waals surface area contributed by atoms with Crippen molar-refractivity contribution in [2.24, 2.45) is 0 Å². The second-order valence-corrected chi connectivity index (χ2v) is 7.05. The maximum Gasteiger partial charge on any atom is 0.573 e. The molecule has 31 heavy (non-hydrogen) atoms. The van der Waals surface area contributed by atoms with Crippen LogP contribution in [0.2, 0.25) is 0 Å². The number of benzene rings is 2. The summed E-state index contributed by atoms with van der Waals surface area (Å²) in [4.78, 5) is 13.4. The smallest absolute Gasteiger partial charge is 0.406 e. The molecule has 0 saturated heterocycles. The average molecular weight is 432 g/mol. The van der Waals surface area contributed by atoms with E-state index < -0.39 is 6.36 Å². The van der Waals surface area contributed by atoms with E-state index in [1.54, 1.807) is 42.3 Å². The van der Waals surface area contributed by atoms with Gasteiger partial charge in [-0.3, -0.25) is 10.2 Å². The molecular weight excluding hydrogens is 409 g/mol. The molecule has 0 unspecified atom stereocenters. The van der Waals surface area contributed by atoms with Crippen molar-refractivity contribution in [3.05, 3.63) is 59.8 Å². The predicted octanol–water partition coefficient (Wildman–Crippen LogP) is 4.37. The van der Waals surface area contributed by atoms with Crippen molar-refractivity contribution >= 4 is 17.4 Å². The molecule has 1 aliphatic heterocycles. The number of alkyl halides is 3. The van der Waals surface area contributed by atoms with Crippen LogP contribution in [0.25, 0.3) is 11.1 Å². The first kappa shape index (κ1) is 22.2. The molecule has 3 rings (SSSR count). The van der Waals surface area contributed by atoms with Gasteiger partial charge in [0.05, 0.1) is 6.54 Å². The standard InChI is InChI=1S/C22H23F3N4O2/c1-14(30)29-11-10-20(27-2)19(13-29)21(26)28-17-8-6-15(7-9-17)16-4-3-5-18(12-16)31-22(23,24)25/h3-9,12,27H,10-11,13H2,1-2H3,(H2,26,28). The Hall–Kier alpha value is -3.49. The van der Waals surface area contributed by atoms with Gasteiger partial charge in [-0.2, -0.15) is 0 Å². The van der Waals surface area contributed by atoms with E-state index in [0.717, 1.165) is 5.70 Å². The Bertz CT molecular complexity index is 1000. The normalized spacial score (nSPS) is 14.3. The van der Waals surface area contributed by atoms with Gasteiger partial charge in [0.15, 0.2) is 0 Å². The lowest BCUT2D eigenvalue weighted by Gasteiger charge is -2.30. The minimum Gasteiger partial charge on any atom is -0.406 e. The van der Waals surface area contributed by atoms with E-state index in [4.69, 9.17) is 5.41 Å². The van der Waals surface area contributed by atoms with Gasteiger partial charge in [0.1, 0.15) is 11.6 Å². The van der Waals surface area contributed by atoms with Crippen molar-refractivity contribution in [1.29, 1.82) is 5.41 Å². The van der Waals surface area contributed by atoms with Gasteiger partial charge in [-0.15, -0.1) is 13.2 Å². The number of ether oxygens (including phenoxy) is 1. The third kappa shape index (κ3) is 5.78. The van der Waals surface area contributed by atoms with Gasteiger partial charge >= 0.3 is 6.36 Å². The number of amidine groups is 1. The van der Waals surface area contributed by atoms with E-state index in [9.17, 15) is 18.0 Å². The van der Waals surface area contributed by atoms with Crippen LogP contribution in [0.3, 0.4) is 0 Å². The van der Waals surface area contributed by atoms with Crippen molar-refractivity contribution < 1.29 is 22.7 Å². The molecule has 2 aromatic rings. The first-order valence-electron chi connectivity index (χ1n) is 9.64. The molecule has 6 nitrogen and oxygen atoms in total. The second-order valence-electron chi connectivity index (χ2n) is 7.05. The molecule has 164 valence electrons. The van der Waals surface area contributed by atoms with Crippen molar-refractivity contribution in [2.45, 2.75) is 19.7 Å². The SMILES string of the molecule is CNC1=C(C(=N)Nc2ccc(-c3cccc(OC(F)(F)F)c3)cc2)CN(C(C)=O)CC1. The summed E-state index contributed by atoms with van der Waals surface area (Å²) >= 11 is 0. The van der Waals surface area contributed by atoms with Gasteiger partial charge in [0, 0.05) is 43.9 Å². The Balaban J connectivity index is 1.73. The highest BCUT2D eigenvalue weighted by Gasteiger charge is 2.31. The summed E-state index contributed by atoms with van der Waals surface area (Å²) in [5.74, 6) is -0.141. The van der Waals surface area contributed by atoms with Crippen molar-refractivity contribution in [3.63, 3.8) is 0 Å². The summed E-state index contributed by atoms with van der Waals surface area (Å²) in [6, 6.07) is 12.7. The summed E-state index contributed by atoms with van der Waals surface area (Å²) in [6.45, 7) is 2.46. The van der Waals surface area contributed by atoms with Crippen LogP contribution in [0, 0.1) is 5.41 Å². The molecule has 3 N–H and O–H groups in total. The molecule has 9 heteroatoms. The van der Waals surface area contributed by atoms with Crippen LogP contribution in [0.4, 0.5) is 18.9 Å². The van der Waals surface area contributed by atoms with Gasteiger partial charge < -0.3 is 20.3 Å². The maximum absolute atomic E-state index is 12.4. The van der Waals surface area contributed by atoms with Crippen LogP contribution >= 0.6 is 0 Å². The number of nitrogens with zero attached hydrogens (tertiary/aromatic N) is 1. The Morgan fingerprint density at radius 3 is 2.45 bits per heavy atom. The number of rotatable bonds is 5. The van der Waals surface area contributed by atoms with E-state index in [2.05, 4.69) is 15.4 Å². The summed E-state index contributed by atoms with van der Waals surface area (Å²) in [5, 5.41) is 14.6. The van der Waals surface area contributed by atoms with Crippen LogP contribution in [-0.4, -0.2) is 43.1 Å². The van der Waals surface area contributed by atoms with Crippen LogP contribution in [0.1, 0.15) is 13.3 Å². The lowest BCUT2D eigenvalue weighted by Crippen LogP contribution is -2.40. The molecule has 2 aromatic carbocycles. The number of amides is 1. The topological polar surface area (TPSA) is 77.5 Å². The van der Waals surface area contributed by atoms with Crippen molar-refractivity contribution in [2.75, 3.05) is 25.5 Å². The summed E-state index contributed by atoms with van der Waals surface area (Å²) in [7, 11) is 1.79. The summed E-state index contributed by atoms with van der Waals surface area (Å²) < 4.78 is 41.3. The lowest BCUT2D eigenvalue weighted by molar-refractivity contribution is -0.274. The molecule has 1 aliphatic rings. The van der Waals surface area contributed by atoms with Crippen LogP contribution < -0.4 is 15.4 Å². The van der Waals surface area contributed by atoms with E-state index in [1.807, 2.05) is 0 Å². The molecule has 0 aromatic heterocycles. The minimum absolute atomic E-state index is 0.0402. The third-order valence-corrected chi connectivity index (χ3v) is 4.95. The van der Waals surface area contributed by atoms with Gasteiger partial charge in [-0.1, -0.05) is 24.3 Å². The molecule has 0 radical (unpaired) electrons. The summed E-state index contributed by atoms with van der Waals surface area (Å²) in [6.07, 6.45) is -4.10. The predicted molar refractivity (Wildman–Crippen MR) is 113 cm³/mol. The molecule has 0 spiro atoms. The van der Waals surface area contributed by atoms with Crippen LogP contribution in [-0.2, 0) is 4.79 Å². The van der Waals surface area contributed by atoms with Gasteiger partial charge in [-0.25, -0.2) is 0 Å². The molecule has 0 fully saturated rings. The Morgan fingerprint density at radius 2 is 1.84 bits per heavy atom. The Morgan fingerprint density at radius 1 is 1.13 bits per heavy atom. The van der Waals surface area contributed by atoms with Gasteiger partial charge in [0.2, 0.25) is 5.91 Å². The monoisotopic (exact) mass is 432 g/mol. The molecule has 1 amide bonds. The highest BCUT2D eigenvalue weighted by Crippen LogP contribution is 2.29. The molecule has 1 heterocycles. The lowest BCUT2D eigenvalue weighted by atomic mass is 10.0. The van der Waals surface area contributed by atoms with E-state index in [-0.39, 0.29) is 17.5 Å². The number of nitrogens with one attached hydrogen (secondary N) is 3. The second kappa shape index (κ2) is 9.11. The van der Waals surface area contributed by atoms with E-state index in [1.165, 1.54) is 25.1 Å². The zero-order chi connectivity index (χ0) is 22.6. The number of hydrogen-bond donors (Lipinski definition) is 3.